The molecule has 0 amide bonds. The third-order valence-corrected chi connectivity index (χ3v) is 6.74. The van der Waals surface area contributed by atoms with E-state index in [1.807, 2.05) is 18.2 Å². The predicted octanol–water partition coefficient (Wildman–Crippen LogP) is -1.01. The van der Waals surface area contributed by atoms with Gasteiger partial charge in [-0.3, -0.25) is 0 Å². The number of methoxy groups -OCH3 is 2. The molecule has 1 fully saturated rings. The van der Waals surface area contributed by atoms with Crippen molar-refractivity contribution in [1.29, 1.82) is 0 Å². The second-order valence-electron chi connectivity index (χ2n) is 8.71. The van der Waals surface area contributed by atoms with Crippen molar-refractivity contribution in [2.24, 2.45) is 11.8 Å². The normalized spacial score (nSPS) is 40.7. The van der Waals surface area contributed by atoms with Crippen LogP contribution in [0.15, 0.2) is 30.4 Å². The largest absolute Gasteiger partial charge is 0.493 e. The minimum atomic E-state index is -1.51. The van der Waals surface area contributed by atoms with Gasteiger partial charge in [-0.1, -0.05) is 18.2 Å². The summed E-state index contributed by atoms with van der Waals surface area (Å²) < 4.78 is 27.9. The zero-order valence-electron chi connectivity index (χ0n) is 18.6. The Morgan fingerprint density at radius 1 is 0.970 bits per heavy atom. The van der Waals surface area contributed by atoms with Crippen LogP contribution in [-0.2, 0) is 20.6 Å². The maximum absolute atomic E-state index is 10.8. The molecule has 0 radical (unpaired) electrons. The molecular weight excluding hydrogens is 436 g/mol. The topological polar surface area (TPSA) is 147 Å². The van der Waals surface area contributed by atoms with Gasteiger partial charge in [0.15, 0.2) is 0 Å². The van der Waals surface area contributed by atoms with E-state index in [4.69, 9.17) is 23.7 Å². The molecule has 184 valence electrons. The van der Waals surface area contributed by atoms with E-state index in [-0.39, 0.29) is 17.9 Å². The summed E-state index contributed by atoms with van der Waals surface area (Å²) in [5.74, 6) is 0.841. The zero-order chi connectivity index (χ0) is 23.7. The predicted molar refractivity (Wildman–Crippen MR) is 114 cm³/mol. The second kappa shape index (κ2) is 10.2. The maximum Gasteiger partial charge on any atom is 0.229 e. The van der Waals surface area contributed by atoms with Crippen molar-refractivity contribution in [3.05, 3.63) is 35.9 Å². The van der Waals surface area contributed by atoms with Crippen LogP contribution in [0.3, 0.4) is 0 Å². The third-order valence-electron chi connectivity index (χ3n) is 6.74. The van der Waals surface area contributed by atoms with Gasteiger partial charge < -0.3 is 49.2 Å². The van der Waals surface area contributed by atoms with E-state index >= 15 is 0 Å². The Hall–Kier alpha value is -1.76. The molecule has 1 aromatic carbocycles. The first-order valence-corrected chi connectivity index (χ1v) is 11.0. The van der Waals surface area contributed by atoms with Gasteiger partial charge in [0.05, 0.1) is 19.3 Å². The fraction of sp³-hybridized carbons (Fsp3) is 0.652. The lowest BCUT2D eigenvalue weighted by Crippen LogP contribution is -2.60. The summed E-state index contributed by atoms with van der Waals surface area (Å²) in [6, 6.07) is 5.20. The number of hydrogen-bond donors (Lipinski definition) is 5. The Morgan fingerprint density at radius 2 is 1.76 bits per heavy atom. The number of fused-ring (bicyclic) bond motifs is 1. The van der Waals surface area contributed by atoms with Crippen LogP contribution in [0.5, 0.6) is 11.5 Å². The van der Waals surface area contributed by atoms with Crippen LogP contribution in [0.2, 0.25) is 0 Å². The Labute approximate surface area is 191 Å². The van der Waals surface area contributed by atoms with Crippen molar-refractivity contribution in [1.82, 2.24) is 0 Å². The van der Waals surface area contributed by atoms with E-state index in [0.29, 0.717) is 24.5 Å². The Balaban J connectivity index is 1.44. The lowest BCUT2D eigenvalue weighted by Gasteiger charge is -2.40. The molecule has 3 aliphatic rings. The summed E-state index contributed by atoms with van der Waals surface area (Å²) in [6.45, 7) is -0.146. The smallest absolute Gasteiger partial charge is 0.229 e. The molecule has 2 aliphatic heterocycles. The first-order valence-electron chi connectivity index (χ1n) is 11.0. The van der Waals surface area contributed by atoms with Gasteiger partial charge in [0, 0.05) is 32.1 Å². The minimum Gasteiger partial charge on any atom is -0.493 e. The van der Waals surface area contributed by atoms with Crippen LogP contribution in [-0.4, -0.2) is 102 Å². The van der Waals surface area contributed by atoms with Crippen molar-refractivity contribution >= 4 is 0 Å². The van der Waals surface area contributed by atoms with Gasteiger partial charge in [-0.15, -0.1) is 0 Å². The highest BCUT2D eigenvalue weighted by Gasteiger charge is 2.45. The van der Waals surface area contributed by atoms with Crippen LogP contribution in [0.25, 0.3) is 0 Å². The van der Waals surface area contributed by atoms with Crippen LogP contribution in [0, 0.1) is 11.8 Å². The number of aliphatic hydroxyl groups is 5. The number of rotatable bonds is 6. The lowest BCUT2D eigenvalue weighted by molar-refractivity contribution is -0.277. The lowest BCUT2D eigenvalue weighted by atomic mass is 9.76. The van der Waals surface area contributed by atoms with Gasteiger partial charge in [0.1, 0.15) is 48.1 Å². The van der Waals surface area contributed by atoms with E-state index < -0.39 is 49.5 Å². The van der Waals surface area contributed by atoms with Crippen molar-refractivity contribution in [2.75, 3.05) is 27.4 Å². The van der Waals surface area contributed by atoms with E-state index in [9.17, 15) is 25.5 Å². The third kappa shape index (κ3) is 4.75. The molecule has 0 spiro atoms. The quantitative estimate of drug-likeness (QED) is 0.329. The van der Waals surface area contributed by atoms with Gasteiger partial charge in [-0.25, -0.2) is 0 Å². The van der Waals surface area contributed by atoms with E-state index in [2.05, 4.69) is 0 Å². The molecule has 5 N–H and O–H groups in total. The molecule has 1 aromatic rings. The number of aliphatic hydroxyl groups excluding tert-OH is 5. The molecule has 10 heteroatoms. The van der Waals surface area contributed by atoms with Crippen molar-refractivity contribution in [3.63, 3.8) is 0 Å². The van der Waals surface area contributed by atoms with Crippen LogP contribution in [0.4, 0.5) is 0 Å². The van der Waals surface area contributed by atoms with Crippen LogP contribution < -0.4 is 9.47 Å². The molecule has 10 atom stereocenters. The SMILES string of the molecule is COC1C=CC(C2COc3cc(OC4OC(CO)C(O)C(O)C4O)ccc3C2)C(O)C1OC. The molecular formula is C23H32O10. The fourth-order valence-corrected chi connectivity index (χ4v) is 4.79. The molecule has 4 rings (SSSR count). The van der Waals surface area contributed by atoms with Crippen molar-refractivity contribution in [2.45, 2.75) is 55.4 Å². The van der Waals surface area contributed by atoms with E-state index in [1.165, 1.54) is 0 Å². The standard InChI is InChI=1S/C23H32O10/c1-29-15-6-5-14(18(25)22(15)30-2)12-7-11-3-4-13(8-16(11)31-10-12)32-23-21(28)20(27)19(26)17(9-24)33-23/h3-6,8,12,14-15,17-28H,7,9-10H2,1-2H3. The summed E-state index contributed by atoms with van der Waals surface area (Å²) >= 11 is 0. The molecule has 10 unspecified atom stereocenters. The summed E-state index contributed by atoms with van der Waals surface area (Å²) in [5.41, 5.74) is 0.941. The highest BCUT2D eigenvalue weighted by molar-refractivity contribution is 5.42. The van der Waals surface area contributed by atoms with Gasteiger partial charge in [0.25, 0.3) is 0 Å². The van der Waals surface area contributed by atoms with Crippen LogP contribution in [0.1, 0.15) is 5.56 Å². The molecule has 0 saturated carbocycles. The minimum absolute atomic E-state index is 0.0384. The summed E-state index contributed by atoms with van der Waals surface area (Å²) in [4.78, 5) is 0. The maximum atomic E-state index is 10.8. The van der Waals surface area contributed by atoms with Crippen molar-refractivity contribution < 1.29 is 49.2 Å². The molecule has 1 saturated heterocycles. The first kappa shape index (κ1) is 24.4. The number of hydrogen-bond acceptors (Lipinski definition) is 10. The van der Waals surface area contributed by atoms with Crippen LogP contribution >= 0.6 is 0 Å². The molecule has 2 heterocycles. The molecule has 0 aromatic heterocycles. The first-order chi connectivity index (χ1) is 15.9. The summed E-state index contributed by atoms with van der Waals surface area (Å²) in [6.07, 6.45) is -3.71. The monoisotopic (exact) mass is 468 g/mol. The molecule has 33 heavy (non-hydrogen) atoms. The summed E-state index contributed by atoms with van der Waals surface area (Å²) in [7, 11) is 3.14. The van der Waals surface area contributed by atoms with Gasteiger partial charge in [-0.05, 0) is 18.1 Å². The second-order valence-corrected chi connectivity index (χ2v) is 8.71. The molecule has 1 aliphatic carbocycles. The average Bonchev–Trinajstić information content (AvgIpc) is 2.83. The highest BCUT2D eigenvalue weighted by Crippen LogP contribution is 2.38. The molecule has 0 bridgehead atoms. The van der Waals surface area contributed by atoms with Crippen molar-refractivity contribution in [3.8, 4) is 11.5 Å². The Kier molecular flexibility index (Phi) is 7.56. The van der Waals surface area contributed by atoms with Gasteiger partial charge in [0.2, 0.25) is 6.29 Å². The van der Waals surface area contributed by atoms with Gasteiger partial charge in [-0.2, -0.15) is 0 Å². The summed E-state index contributed by atoms with van der Waals surface area (Å²) in [5, 5.41) is 50.2. The van der Waals surface area contributed by atoms with E-state index in [1.54, 1.807) is 26.4 Å². The number of ether oxygens (including phenoxy) is 5. The highest BCUT2D eigenvalue weighted by atomic mass is 16.7. The van der Waals surface area contributed by atoms with Gasteiger partial charge >= 0.3 is 0 Å². The molecule has 10 nitrogen and oxygen atoms in total. The zero-order valence-corrected chi connectivity index (χ0v) is 18.6. The number of benzene rings is 1. The Bertz CT molecular complexity index is 829. The average molecular weight is 468 g/mol. The fourth-order valence-electron chi connectivity index (χ4n) is 4.79. The Morgan fingerprint density at radius 3 is 2.45 bits per heavy atom. The van der Waals surface area contributed by atoms with E-state index in [0.717, 1.165) is 5.56 Å².